The van der Waals surface area contributed by atoms with E-state index >= 15 is 0 Å². The lowest BCUT2D eigenvalue weighted by atomic mass is 10.0. The van der Waals surface area contributed by atoms with Crippen molar-refractivity contribution in [2.24, 2.45) is 0 Å². The molecule has 2 aliphatic rings. The number of thioether (sulfide) groups is 2. The van der Waals surface area contributed by atoms with Crippen molar-refractivity contribution in [1.29, 1.82) is 0 Å². The molecule has 3 heterocycles. The molecule has 2 aliphatic heterocycles. The molecule has 0 saturated carbocycles. The summed E-state index contributed by atoms with van der Waals surface area (Å²) >= 11 is 3.90. The highest BCUT2D eigenvalue weighted by Crippen LogP contribution is 2.47. The van der Waals surface area contributed by atoms with Crippen LogP contribution in [0, 0.1) is 0 Å². The summed E-state index contributed by atoms with van der Waals surface area (Å²) in [7, 11) is 0. The number of aliphatic carboxylic acids is 1. The van der Waals surface area contributed by atoms with E-state index in [9.17, 15) is 19.5 Å². The SMILES string of the molecule is O=C(Cc1ccccc1)N[C@@H]1C(=O)N2C(C(=O)O)=C(Sc3snnc3-c3ccccc3)CS[C@H]12. The van der Waals surface area contributed by atoms with Gasteiger partial charge in [-0.05, 0) is 17.1 Å². The van der Waals surface area contributed by atoms with E-state index in [0.29, 0.717) is 16.4 Å². The second-order valence-electron chi connectivity index (χ2n) is 7.57. The predicted octanol–water partition coefficient (Wildman–Crippen LogP) is 3.24. The maximum Gasteiger partial charge on any atom is 0.353 e. The van der Waals surface area contributed by atoms with E-state index in [1.165, 1.54) is 40.0 Å². The normalized spacial score (nSPS) is 19.4. The zero-order chi connectivity index (χ0) is 23.7. The average molecular weight is 511 g/mol. The molecule has 5 rings (SSSR count). The van der Waals surface area contributed by atoms with Crippen LogP contribution in [0.2, 0.25) is 0 Å². The van der Waals surface area contributed by atoms with Gasteiger partial charge in [0.25, 0.3) is 5.91 Å². The maximum atomic E-state index is 12.9. The number of fused-ring (bicyclic) bond motifs is 1. The number of hydrogen-bond donors (Lipinski definition) is 2. The zero-order valence-corrected chi connectivity index (χ0v) is 20.0. The van der Waals surface area contributed by atoms with E-state index in [4.69, 9.17) is 0 Å². The number of aromatic nitrogens is 2. The molecule has 1 aromatic heterocycles. The molecule has 0 bridgehead atoms. The van der Waals surface area contributed by atoms with Gasteiger partial charge in [0.05, 0.1) is 6.42 Å². The molecule has 3 aromatic rings. The van der Waals surface area contributed by atoms with Crippen molar-refractivity contribution in [3.63, 3.8) is 0 Å². The minimum Gasteiger partial charge on any atom is -0.477 e. The van der Waals surface area contributed by atoms with Crippen molar-refractivity contribution in [1.82, 2.24) is 19.8 Å². The molecule has 2 aromatic carbocycles. The first kappa shape index (κ1) is 22.6. The Labute approximate surface area is 207 Å². The molecule has 0 radical (unpaired) electrons. The van der Waals surface area contributed by atoms with Gasteiger partial charge in [-0.2, -0.15) is 0 Å². The number of rotatable bonds is 7. The van der Waals surface area contributed by atoms with Crippen LogP contribution in [0.15, 0.2) is 75.5 Å². The summed E-state index contributed by atoms with van der Waals surface area (Å²) in [6.07, 6.45) is 0.158. The van der Waals surface area contributed by atoms with E-state index in [2.05, 4.69) is 14.9 Å². The number of hydrogen-bond acceptors (Lipinski definition) is 8. The second kappa shape index (κ2) is 9.61. The van der Waals surface area contributed by atoms with Gasteiger partial charge in [0, 0.05) is 16.2 Å². The number of β-lactam (4-membered cyclic amide) rings is 1. The monoisotopic (exact) mass is 510 g/mol. The van der Waals surface area contributed by atoms with Gasteiger partial charge in [-0.3, -0.25) is 14.5 Å². The lowest BCUT2D eigenvalue weighted by Crippen LogP contribution is -2.70. The summed E-state index contributed by atoms with van der Waals surface area (Å²) in [5, 5.41) is 16.5. The lowest BCUT2D eigenvalue weighted by Gasteiger charge is -2.49. The van der Waals surface area contributed by atoms with Crippen LogP contribution < -0.4 is 5.32 Å². The Kier molecular flexibility index (Phi) is 6.40. The summed E-state index contributed by atoms with van der Waals surface area (Å²) in [6.45, 7) is 0. The molecular formula is C23H18N4O4S3. The van der Waals surface area contributed by atoms with Gasteiger partial charge in [0.1, 0.15) is 27.0 Å². The fourth-order valence-corrected chi connectivity index (χ4v) is 7.20. The van der Waals surface area contributed by atoms with Crippen LogP contribution in [0.3, 0.4) is 0 Å². The van der Waals surface area contributed by atoms with Crippen LogP contribution in [0.5, 0.6) is 0 Å². The Balaban J connectivity index is 1.34. The number of nitrogens with one attached hydrogen (secondary N) is 1. The Morgan fingerprint density at radius 2 is 1.82 bits per heavy atom. The summed E-state index contributed by atoms with van der Waals surface area (Å²) in [4.78, 5) is 39.4. The van der Waals surface area contributed by atoms with Crippen molar-refractivity contribution >= 4 is 52.8 Å². The van der Waals surface area contributed by atoms with Gasteiger partial charge in [-0.1, -0.05) is 76.9 Å². The minimum atomic E-state index is -1.17. The molecule has 8 nitrogen and oxygen atoms in total. The summed E-state index contributed by atoms with van der Waals surface area (Å²) in [5.74, 6) is -1.46. The molecular weight excluding hydrogens is 492 g/mol. The molecule has 172 valence electrons. The van der Waals surface area contributed by atoms with Gasteiger partial charge in [-0.15, -0.1) is 16.9 Å². The van der Waals surface area contributed by atoms with Crippen LogP contribution in [0.1, 0.15) is 5.56 Å². The minimum absolute atomic E-state index is 0.0419. The lowest BCUT2D eigenvalue weighted by molar-refractivity contribution is -0.150. The molecule has 0 spiro atoms. The van der Waals surface area contributed by atoms with E-state index in [1.807, 2.05) is 60.7 Å². The summed E-state index contributed by atoms with van der Waals surface area (Å²) < 4.78 is 4.81. The largest absolute Gasteiger partial charge is 0.477 e. The van der Waals surface area contributed by atoms with Crippen LogP contribution in [-0.4, -0.2) is 54.5 Å². The van der Waals surface area contributed by atoms with Crippen molar-refractivity contribution < 1.29 is 19.5 Å². The van der Waals surface area contributed by atoms with Crippen LogP contribution in [0.25, 0.3) is 11.3 Å². The van der Waals surface area contributed by atoms with E-state index < -0.39 is 23.3 Å². The summed E-state index contributed by atoms with van der Waals surface area (Å²) in [5.41, 5.74) is 2.37. The highest BCUT2D eigenvalue weighted by molar-refractivity contribution is 8.07. The van der Waals surface area contributed by atoms with Crippen molar-refractivity contribution in [2.45, 2.75) is 22.0 Å². The molecule has 1 saturated heterocycles. The van der Waals surface area contributed by atoms with E-state index in [0.717, 1.165) is 15.3 Å². The number of benzene rings is 2. The standard InChI is InChI=1S/C23H18N4O4S3/c28-16(11-13-7-3-1-4-8-13)24-18-20(29)27-19(22(30)31)15(12-32-21(18)27)33-23-17(25-26-34-23)14-9-5-2-6-10-14/h1-10,18,21H,11-12H2,(H,24,28)(H,30,31)/t18-,21-/m1/s1. The fourth-order valence-electron chi connectivity index (χ4n) is 3.81. The predicted molar refractivity (Wildman–Crippen MR) is 131 cm³/mol. The van der Waals surface area contributed by atoms with E-state index in [-0.39, 0.29) is 18.0 Å². The summed E-state index contributed by atoms with van der Waals surface area (Å²) in [6, 6.07) is 18.0. The molecule has 34 heavy (non-hydrogen) atoms. The number of carboxylic acid groups (broad SMARTS) is 1. The average Bonchev–Trinajstić information content (AvgIpc) is 3.31. The number of carboxylic acids is 1. The highest BCUT2D eigenvalue weighted by atomic mass is 32.2. The van der Waals surface area contributed by atoms with Crippen LogP contribution >= 0.6 is 35.1 Å². The molecule has 2 amide bonds. The number of carbonyl (C=O) groups is 3. The number of amides is 2. The third-order valence-electron chi connectivity index (χ3n) is 5.38. The zero-order valence-electron chi connectivity index (χ0n) is 17.6. The van der Waals surface area contributed by atoms with Crippen molar-refractivity contribution in [2.75, 3.05) is 5.75 Å². The van der Waals surface area contributed by atoms with Crippen LogP contribution in [0.4, 0.5) is 0 Å². The van der Waals surface area contributed by atoms with E-state index in [1.54, 1.807) is 0 Å². The molecule has 1 fully saturated rings. The molecule has 0 unspecified atom stereocenters. The molecule has 0 aliphatic carbocycles. The topological polar surface area (TPSA) is 112 Å². The van der Waals surface area contributed by atoms with Crippen LogP contribution in [-0.2, 0) is 20.8 Å². The molecule has 2 N–H and O–H groups in total. The quantitative estimate of drug-likeness (QED) is 0.466. The second-order valence-corrected chi connectivity index (χ2v) is 10.8. The highest BCUT2D eigenvalue weighted by Gasteiger charge is 2.54. The third-order valence-corrected chi connectivity index (χ3v) is 8.80. The Morgan fingerprint density at radius 1 is 1.12 bits per heavy atom. The van der Waals surface area contributed by atoms with Gasteiger partial charge in [0.15, 0.2) is 0 Å². The van der Waals surface area contributed by atoms with Crippen molar-refractivity contribution in [3.05, 3.63) is 76.8 Å². The third kappa shape index (κ3) is 4.33. The smallest absolute Gasteiger partial charge is 0.353 e. The molecule has 11 heteroatoms. The first-order valence-corrected chi connectivity index (χ1v) is 13.0. The molecule has 2 atom stereocenters. The number of carbonyl (C=O) groups excluding carboxylic acids is 2. The Hall–Kier alpha value is -3.15. The van der Waals surface area contributed by atoms with Gasteiger partial charge >= 0.3 is 5.97 Å². The first-order valence-electron chi connectivity index (χ1n) is 10.3. The van der Waals surface area contributed by atoms with Gasteiger partial charge in [-0.25, -0.2) is 4.79 Å². The van der Waals surface area contributed by atoms with Gasteiger partial charge in [0.2, 0.25) is 5.91 Å². The maximum absolute atomic E-state index is 12.9. The number of nitrogens with zero attached hydrogens (tertiary/aromatic N) is 3. The van der Waals surface area contributed by atoms with Gasteiger partial charge < -0.3 is 10.4 Å². The fraction of sp³-hybridized carbons (Fsp3) is 0.174. The first-order chi connectivity index (χ1) is 16.5. The van der Waals surface area contributed by atoms with Crippen molar-refractivity contribution in [3.8, 4) is 11.3 Å². The Bertz CT molecular complexity index is 1280. The Morgan fingerprint density at radius 3 is 2.53 bits per heavy atom.